The number of carbonyl (C=O) groups excluding carboxylic acids is 1. The molecule has 0 aliphatic heterocycles. The van der Waals surface area contributed by atoms with Crippen LogP contribution in [0, 0.1) is 0 Å². The van der Waals surface area contributed by atoms with Gasteiger partial charge in [0.1, 0.15) is 11.4 Å². The highest BCUT2D eigenvalue weighted by atomic mass is 16.5. The van der Waals surface area contributed by atoms with E-state index in [-0.39, 0.29) is 5.91 Å². The fourth-order valence-corrected chi connectivity index (χ4v) is 1.91. The molecule has 5 nitrogen and oxygen atoms in total. The molecule has 0 atom stereocenters. The Kier molecular flexibility index (Phi) is 2.72. The minimum Gasteiger partial charge on any atom is -0.495 e. The number of amides is 1. The number of nitrogens with one attached hydrogen (secondary N) is 2. The summed E-state index contributed by atoms with van der Waals surface area (Å²) < 4.78 is 10.4. The van der Waals surface area contributed by atoms with Gasteiger partial charge >= 0.3 is 0 Å². The predicted molar refractivity (Wildman–Crippen MR) is 71.5 cm³/mol. The molecular weight excluding hydrogens is 244 g/mol. The predicted octanol–water partition coefficient (Wildman–Crippen LogP) is 3.02. The zero-order chi connectivity index (χ0) is 13.2. The highest BCUT2D eigenvalue weighted by Crippen LogP contribution is 2.24. The lowest BCUT2D eigenvalue weighted by Crippen LogP contribution is -2.12. The number of aromatic amines is 1. The van der Waals surface area contributed by atoms with Crippen molar-refractivity contribution in [1.29, 1.82) is 0 Å². The fraction of sp³-hybridized carbons (Fsp3) is 0.0714. The molecule has 0 saturated heterocycles. The molecular formula is C14H12N2O3. The molecule has 0 unspecified atom stereocenters. The summed E-state index contributed by atoms with van der Waals surface area (Å²) in [7, 11) is 1.56. The number of rotatable bonds is 3. The van der Waals surface area contributed by atoms with E-state index in [1.165, 1.54) is 0 Å². The van der Waals surface area contributed by atoms with E-state index in [0.29, 0.717) is 22.7 Å². The van der Waals surface area contributed by atoms with Crippen molar-refractivity contribution >= 4 is 22.7 Å². The molecule has 2 heterocycles. The number of anilines is 1. The van der Waals surface area contributed by atoms with Gasteiger partial charge < -0.3 is 19.5 Å². The maximum atomic E-state index is 12.1. The Balaban J connectivity index is 1.86. The van der Waals surface area contributed by atoms with Crippen LogP contribution in [0.3, 0.4) is 0 Å². The SMILES string of the molecule is COc1ccccc1NC(=O)c1cc2occc2[nH]1. The van der Waals surface area contributed by atoms with Crippen molar-refractivity contribution < 1.29 is 13.9 Å². The van der Waals surface area contributed by atoms with Crippen LogP contribution < -0.4 is 10.1 Å². The van der Waals surface area contributed by atoms with Crippen molar-refractivity contribution in [3.05, 3.63) is 48.4 Å². The van der Waals surface area contributed by atoms with E-state index < -0.39 is 0 Å². The summed E-state index contributed by atoms with van der Waals surface area (Å²) >= 11 is 0. The topological polar surface area (TPSA) is 67.3 Å². The molecule has 1 aromatic carbocycles. The monoisotopic (exact) mass is 256 g/mol. The summed E-state index contributed by atoms with van der Waals surface area (Å²) in [5, 5.41) is 2.79. The molecule has 0 bridgehead atoms. The Labute approximate surface area is 109 Å². The van der Waals surface area contributed by atoms with Crippen LogP contribution >= 0.6 is 0 Å². The number of furan rings is 1. The average molecular weight is 256 g/mol. The number of para-hydroxylation sites is 2. The first kappa shape index (κ1) is 11.4. The summed E-state index contributed by atoms with van der Waals surface area (Å²) in [5.41, 5.74) is 2.52. The first-order valence-electron chi connectivity index (χ1n) is 5.78. The number of H-pyrrole nitrogens is 1. The van der Waals surface area contributed by atoms with Gasteiger partial charge in [0.2, 0.25) is 0 Å². The van der Waals surface area contributed by atoms with Crippen molar-refractivity contribution in [3.8, 4) is 5.75 Å². The third-order valence-corrected chi connectivity index (χ3v) is 2.84. The number of hydrogen-bond acceptors (Lipinski definition) is 3. The van der Waals surface area contributed by atoms with Gasteiger partial charge in [0.05, 0.1) is 24.6 Å². The van der Waals surface area contributed by atoms with E-state index in [1.807, 2.05) is 12.1 Å². The zero-order valence-corrected chi connectivity index (χ0v) is 10.3. The lowest BCUT2D eigenvalue weighted by Gasteiger charge is -2.08. The van der Waals surface area contributed by atoms with Gasteiger partial charge in [0.25, 0.3) is 5.91 Å². The highest BCUT2D eigenvalue weighted by Gasteiger charge is 2.13. The fourth-order valence-electron chi connectivity index (χ4n) is 1.91. The Morgan fingerprint density at radius 1 is 1.32 bits per heavy atom. The van der Waals surface area contributed by atoms with Crippen LogP contribution in [0.2, 0.25) is 0 Å². The Morgan fingerprint density at radius 2 is 2.16 bits per heavy atom. The van der Waals surface area contributed by atoms with Gasteiger partial charge in [-0.2, -0.15) is 0 Å². The van der Waals surface area contributed by atoms with Crippen molar-refractivity contribution in [2.24, 2.45) is 0 Å². The van der Waals surface area contributed by atoms with Crippen LogP contribution in [0.25, 0.3) is 11.1 Å². The second-order valence-corrected chi connectivity index (χ2v) is 4.04. The van der Waals surface area contributed by atoms with Crippen LogP contribution in [0.15, 0.2) is 47.1 Å². The maximum absolute atomic E-state index is 12.1. The molecule has 1 amide bonds. The quantitative estimate of drug-likeness (QED) is 0.756. The number of ether oxygens (including phenoxy) is 1. The minimum absolute atomic E-state index is 0.240. The molecule has 0 spiro atoms. The number of benzene rings is 1. The summed E-state index contributed by atoms with van der Waals surface area (Å²) in [5.74, 6) is 0.377. The van der Waals surface area contributed by atoms with Gasteiger partial charge in [0.15, 0.2) is 5.58 Å². The van der Waals surface area contributed by atoms with E-state index in [9.17, 15) is 4.79 Å². The second kappa shape index (κ2) is 4.53. The van der Waals surface area contributed by atoms with Crippen LogP contribution in [-0.2, 0) is 0 Å². The van der Waals surface area contributed by atoms with E-state index in [4.69, 9.17) is 9.15 Å². The molecule has 5 heteroatoms. The molecule has 0 radical (unpaired) electrons. The molecule has 19 heavy (non-hydrogen) atoms. The van der Waals surface area contributed by atoms with Gasteiger partial charge in [-0.25, -0.2) is 0 Å². The van der Waals surface area contributed by atoms with Gasteiger partial charge in [0, 0.05) is 12.1 Å². The molecule has 2 N–H and O–H groups in total. The van der Waals surface area contributed by atoms with Gasteiger partial charge in [-0.3, -0.25) is 4.79 Å². The lowest BCUT2D eigenvalue weighted by molar-refractivity contribution is 0.102. The van der Waals surface area contributed by atoms with Crippen LogP contribution in [0.5, 0.6) is 5.75 Å². The Morgan fingerprint density at radius 3 is 2.95 bits per heavy atom. The first-order valence-corrected chi connectivity index (χ1v) is 5.78. The standard InChI is InChI=1S/C14H12N2O3/c1-18-12-5-3-2-4-9(12)16-14(17)11-8-13-10(15-11)6-7-19-13/h2-8,15H,1H3,(H,16,17). The number of carbonyl (C=O) groups is 1. The van der Waals surface area contributed by atoms with Gasteiger partial charge in [-0.15, -0.1) is 0 Å². The molecule has 0 aliphatic carbocycles. The lowest BCUT2D eigenvalue weighted by atomic mass is 10.3. The van der Waals surface area contributed by atoms with Gasteiger partial charge in [-0.1, -0.05) is 12.1 Å². The summed E-state index contributed by atoms with van der Waals surface area (Å²) in [6.07, 6.45) is 1.57. The smallest absolute Gasteiger partial charge is 0.272 e. The van der Waals surface area contributed by atoms with E-state index >= 15 is 0 Å². The van der Waals surface area contributed by atoms with Gasteiger partial charge in [-0.05, 0) is 12.1 Å². The third-order valence-electron chi connectivity index (χ3n) is 2.84. The van der Waals surface area contributed by atoms with Crippen molar-refractivity contribution in [1.82, 2.24) is 4.98 Å². The van der Waals surface area contributed by atoms with E-state index in [2.05, 4.69) is 10.3 Å². The molecule has 0 aliphatic rings. The Hall–Kier alpha value is -2.69. The highest BCUT2D eigenvalue weighted by molar-refractivity contribution is 6.06. The number of fused-ring (bicyclic) bond motifs is 1. The van der Waals surface area contributed by atoms with Crippen molar-refractivity contribution in [2.45, 2.75) is 0 Å². The van der Waals surface area contributed by atoms with Crippen LogP contribution in [-0.4, -0.2) is 18.0 Å². The molecule has 3 aromatic rings. The van der Waals surface area contributed by atoms with Crippen LogP contribution in [0.1, 0.15) is 10.5 Å². The minimum atomic E-state index is -0.240. The molecule has 0 fully saturated rings. The number of aromatic nitrogens is 1. The normalized spacial score (nSPS) is 10.6. The van der Waals surface area contributed by atoms with E-state index in [1.54, 1.807) is 37.6 Å². The molecule has 0 saturated carbocycles. The molecule has 96 valence electrons. The average Bonchev–Trinajstić information content (AvgIpc) is 3.00. The van der Waals surface area contributed by atoms with Crippen molar-refractivity contribution in [3.63, 3.8) is 0 Å². The summed E-state index contributed by atoms with van der Waals surface area (Å²) in [4.78, 5) is 15.1. The number of hydrogen-bond donors (Lipinski definition) is 2. The Bertz CT molecular complexity index is 698. The second-order valence-electron chi connectivity index (χ2n) is 4.04. The van der Waals surface area contributed by atoms with Crippen LogP contribution in [0.4, 0.5) is 5.69 Å². The number of methoxy groups -OCH3 is 1. The molecule has 3 rings (SSSR count). The van der Waals surface area contributed by atoms with E-state index in [0.717, 1.165) is 5.52 Å². The zero-order valence-electron chi connectivity index (χ0n) is 10.3. The summed E-state index contributed by atoms with van der Waals surface area (Å²) in [6.45, 7) is 0. The molecule has 2 aromatic heterocycles. The third kappa shape index (κ3) is 2.06. The first-order chi connectivity index (χ1) is 9.28. The largest absolute Gasteiger partial charge is 0.495 e. The summed E-state index contributed by atoms with van der Waals surface area (Å²) in [6, 6.07) is 10.7. The van der Waals surface area contributed by atoms with Crippen molar-refractivity contribution in [2.75, 3.05) is 12.4 Å². The maximum Gasteiger partial charge on any atom is 0.272 e.